The maximum atomic E-state index is 12.0. The first-order valence-electron chi connectivity index (χ1n) is 6.88. The van der Waals surface area contributed by atoms with Crippen molar-refractivity contribution >= 4 is 5.97 Å². The average Bonchev–Trinajstić information content (AvgIpc) is 2.36. The van der Waals surface area contributed by atoms with Crippen molar-refractivity contribution in [2.24, 2.45) is 5.73 Å². The van der Waals surface area contributed by atoms with Gasteiger partial charge in [-0.25, -0.2) is 0 Å². The number of nitrogens with zero attached hydrogens (tertiary/aromatic N) is 1. The minimum Gasteiger partial charge on any atom is -0.465 e. The molecule has 5 nitrogen and oxygen atoms in total. The third-order valence-electron chi connectivity index (χ3n) is 3.27. The summed E-state index contributed by atoms with van der Waals surface area (Å²) >= 11 is 0. The molecular formula is C13H26N2O3. The lowest BCUT2D eigenvalue weighted by Crippen LogP contribution is -2.54. The third kappa shape index (κ3) is 4.23. The first-order valence-corrected chi connectivity index (χ1v) is 6.88. The van der Waals surface area contributed by atoms with Gasteiger partial charge in [0.25, 0.3) is 0 Å². The normalized spacial score (nSPS) is 24.6. The summed E-state index contributed by atoms with van der Waals surface area (Å²) in [5.41, 5.74) is 5.87. The Bertz CT molecular complexity index is 259. The van der Waals surface area contributed by atoms with Crippen molar-refractivity contribution < 1.29 is 14.3 Å². The molecule has 1 fully saturated rings. The third-order valence-corrected chi connectivity index (χ3v) is 3.27. The summed E-state index contributed by atoms with van der Waals surface area (Å²) in [7, 11) is 0. The van der Waals surface area contributed by atoms with Gasteiger partial charge in [-0.05, 0) is 20.3 Å². The predicted octanol–water partition coefficient (Wildman–Crippen LogP) is 0.766. The minimum atomic E-state index is -0.153. The van der Waals surface area contributed by atoms with Crippen LogP contribution in [0.25, 0.3) is 0 Å². The number of ether oxygens (including phenoxy) is 2. The zero-order valence-corrected chi connectivity index (χ0v) is 11.7. The Balaban J connectivity index is 2.63. The van der Waals surface area contributed by atoms with Crippen molar-refractivity contribution in [1.29, 1.82) is 0 Å². The minimum absolute atomic E-state index is 0.00697. The van der Waals surface area contributed by atoms with Gasteiger partial charge in [0.15, 0.2) is 0 Å². The molecule has 1 heterocycles. The van der Waals surface area contributed by atoms with Crippen LogP contribution in [0.4, 0.5) is 0 Å². The van der Waals surface area contributed by atoms with Crippen molar-refractivity contribution in [2.75, 3.05) is 26.3 Å². The van der Waals surface area contributed by atoms with Crippen molar-refractivity contribution in [3.63, 3.8) is 0 Å². The maximum absolute atomic E-state index is 12.0. The van der Waals surface area contributed by atoms with E-state index in [0.29, 0.717) is 19.8 Å². The molecule has 0 aliphatic carbocycles. The fourth-order valence-electron chi connectivity index (χ4n) is 2.26. The molecule has 0 aromatic carbocycles. The van der Waals surface area contributed by atoms with Crippen molar-refractivity contribution in [1.82, 2.24) is 4.90 Å². The van der Waals surface area contributed by atoms with Crippen molar-refractivity contribution in [3.05, 3.63) is 0 Å². The molecule has 0 saturated carbocycles. The van der Waals surface area contributed by atoms with E-state index in [0.717, 1.165) is 19.4 Å². The van der Waals surface area contributed by atoms with E-state index in [9.17, 15) is 4.79 Å². The maximum Gasteiger partial charge on any atom is 0.323 e. The van der Waals surface area contributed by atoms with Gasteiger partial charge in [-0.2, -0.15) is 0 Å². The molecule has 1 rings (SSSR count). The summed E-state index contributed by atoms with van der Waals surface area (Å²) < 4.78 is 10.8. The number of carbonyl (C=O) groups excluding carboxylic acids is 1. The Morgan fingerprint density at radius 2 is 2.28 bits per heavy atom. The lowest BCUT2D eigenvalue weighted by molar-refractivity contribution is -0.153. The fourth-order valence-corrected chi connectivity index (χ4v) is 2.26. The highest BCUT2D eigenvalue weighted by molar-refractivity contribution is 5.75. The summed E-state index contributed by atoms with van der Waals surface area (Å²) in [5, 5.41) is 0. The SMILES string of the molecule is CCCC(C(=O)OCC)N1CCOC(C(C)N)C1. The zero-order valence-electron chi connectivity index (χ0n) is 11.7. The Kier molecular flexibility index (Phi) is 6.60. The molecule has 1 aliphatic heterocycles. The first kappa shape index (κ1) is 15.4. The number of nitrogens with two attached hydrogens (primary N) is 1. The van der Waals surface area contributed by atoms with E-state index in [2.05, 4.69) is 11.8 Å². The van der Waals surface area contributed by atoms with Crippen LogP contribution in [0.15, 0.2) is 0 Å². The largest absolute Gasteiger partial charge is 0.465 e. The Morgan fingerprint density at radius 3 is 2.83 bits per heavy atom. The van der Waals surface area contributed by atoms with Gasteiger partial charge in [-0.3, -0.25) is 9.69 Å². The fraction of sp³-hybridized carbons (Fsp3) is 0.923. The van der Waals surface area contributed by atoms with Crippen LogP contribution < -0.4 is 5.73 Å². The topological polar surface area (TPSA) is 64.8 Å². The molecule has 18 heavy (non-hydrogen) atoms. The van der Waals surface area contributed by atoms with Crippen LogP contribution in [-0.4, -0.2) is 55.4 Å². The van der Waals surface area contributed by atoms with E-state index >= 15 is 0 Å². The van der Waals surface area contributed by atoms with Gasteiger partial charge >= 0.3 is 5.97 Å². The van der Waals surface area contributed by atoms with Crippen LogP contribution in [0, 0.1) is 0 Å². The van der Waals surface area contributed by atoms with Gasteiger partial charge in [-0.1, -0.05) is 13.3 Å². The van der Waals surface area contributed by atoms with Crippen LogP contribution in [-0.2, 0) is 14.3 Å². The molecule has 1 saturated heterocycles. The number of morpholine rings is 1. The second-order valence-electron chi connectivity index (χ2n) is 4.82. The number of esters is 1. The van der Waals surface area contributed by atoms with Crippen molar-refractivity contribution in [3.8, 4) is 0 Å². The summed E-state index contributed by atoms with van der Waals surface area (Å²) in [6.45, 7) is 8.40. The molecular weight excluding hydrogens is 232 g/mol. The van der Waals surface area contributed by atoms with Crippen LogP contribution in [0.3, 0.4) is 0 Å². The van der Waals surface area contributed by atoms with Gasteiger partial charge in [0.2, 0.25) is 0 Å². The van der Waals surface area contributed by atoms with Crippen LogP contribution in [0.5, 0.6) is 0 Å². The molecule has 0 bridgehead atoms. The Labute approximate surface area is 110 Å². The summed E-state index contributed by atoms with van der Waals surface area (Å²) in [5.74, 6) is -0.121. The number of hydrogen-bond acceptors (Lipinski definition) is 5. The lowest BCUT2D eigenvalue weighted by atomic mass is 10.1. The second kappa shape index (κ2) is 7.71. The van der Waals surface area contributed by atoms with Crippen LogP contribution in [0.1, 0.15) is 33.6 Å². The molecule has 0 aromatic rings. The molecule has 0 radical (unpaired) electrons. The second-order valence-corrected chi connectivity index (χ2v) is 4.82. The number of carbonyl (C=O) groups is 1. The van der Waals surface area contributed by atoms with E-state index in [-0.39, 0.29) is 24.2 Å². The van der Waals surface area contributed by atoms with Gasteiger partial charge < -0.3 is 15.2 Å². The highest BCUT2D eigenvalue weighted by atomic mass is 16.5. The predicted molar refractivity (Wildman–Crippen MR) is 70.3 cm³/mol. The van der Waals surface area contributed by atoms with E-state index in [1.165, 1.54) is 0 Å². The monoisotopic (exact) mass is 258 g/mol. The van der Waals surface area contributed by atoms with Crippen LogP contribution >= 0.6 is 0 Å². The zero-order chi connectivity index (χ0) is 13.5. The molecule has 0 aromatic heterocycles. The van der Waals surface area contributed by atoms with E-state index < -0.39 is 0 Å². The van der Waals surface area contributed by atoms with Gasteiger partial charge in [0.05, 0.1) is 19.3 Å². The highest BCUT2D eigenvalue weighted by Crippen LogP contribution is 2.15. The number of hydrogen-bond donors (Lipinski definition) is 1. The molecule has 3 atom stereocenters. The first-order chi connectivity index (χ1) is 8.60. The van der Waals surface area contributed by atoms with Gasteiger partial charge in [0, 0.05) is 19.1 Å². The molecule has 1 aliphatic rings. The van der Waals surface area contributed by atoms with Gasteiger partial charge in [-0.15, -0.1) is 0 Å². The van der Waals surface area contributed by atoms with E-state index in [1.54, 1.807) is 0 Å². The molecule has 0 spiro atoms. The van der Waals surface area contributed by atoms with Gasteiger partial charge in [0.1, 0.15) is 6.04 Å². The van der Waals surface area contributed by atoms with E-state index in [4.69, 9.17) is 15.2 Å². The smallest absolute Gasteiger partial charge is 0.323 e. The summed E-state index contributed by atoms with van der Waals surface area (Å²) in [6, 6.07) is -0.169. The Morgan fingerprint density at radius 1 is 1.56 bits per heavy atom. The molecule has 3 unspecified atom stereocenters. The summed E-state index contributed by atoms with van der Waals surface area (Å²) in [4.78, 5) is 14.1. The van der Waals surface area contributed by atoms with Crippen LogP contribution in [0.2, 0.25) is 0 Å². The molecule has 106 valence electrons. The molecule has 5 heteroatoms. The molecule has 2 N–H and O–H groups in total. The Hall–Kier alpha value is -0.650. The standard InChI is InChI=1S/C13H26N2O3/c1-4-6-11(13(16)17-5-2)15-7-8-18-12(9-15)10(3)14/h10-12H,4-9,14H2,1-3H3. The summed E-state index contributed by atoms with van der Waals surface area (Å²) in [6.07, 6.45) is 1.79. The van der Waals surface area contributed by atoms with E-state index in [1.807, 2.05) is 13.8 Å². The molecule has 0 amide bonds. The quantitative estimate of drug-likeness (QED) is 0.713. The van der Waals surface area contributed by atoms with Crippen molar-refractivity contribution in [2.45, 2.75) is 51.8 Å². The number of rotatable bonds is 6. The average molecular weight is 258 g/mol. The highest BCUT2D eigenvalue weighted by Gasteiger charge is 2.32. The lowest BCUT2D eigenvalue weighted by Gasteiger charge is -2.38.